The highest BCUT2D eigenvalue weighted by Crippen LogP contribution is 2.38. The van der Waals surface area contributed by atoms with E-state index in [1.807, 2.05) is 0 Å². The molecule has 82 valence electrons. The van der Waals surface area contributed by atoms with Crippen LogP contribution in [0.25, 0.3) is 0 Å². The van der Waals surface area contributed by atoms with Crippen molar-refractivity contribution in [3.63, 3.8) is 0 Å². The standard InChI is InChI=1S/C13H25N/c1-13(2,3)10-4-6-11(7-5-10)14-12-8-9-12/h10-12,14H,4-9H2,1-3H3. The second-order valence-electron chi connectivity index (χ2n) is 6.36. The molecule has 1 nitrogen and oxygen atoms in total. The average molecular weight is 195 g/mol. The minimum Gasteiger partial charge on any atom is -0.311 e. The molecule has 0 spiro atoms. The Morgan fingerprint density at radius 1 is 0.786 bits per heavy atom. The molecule has 14 heavy (non-hydrogen) atoms. The summed E-state index contributed by atoms with van der Waals surface area (Å²) >= 11 is 0. The van der Waals surface area contributed by atoms with Crippen molar-refractivity contribution < 1.29 is 0 Å². The van der Waals surface area contributed by atoms with E-state index in [1.165, 1.54) is 38.5 Å². The van der Waals surface area contributed by atoms with Gasteiger partial charge in [-0.15, -0.1) is 0 Å². The largest absolute Gasteiger partial charge is 0.311 e. The van der Waals surface area contributed by atoms with E-state index < -0.39 is 0 Å². The summed E-state index contributed by atoms with van der Waals surface area (Å²) in [6.45, 7) is 7.19. The molecule has 0 aromatic carbocycles. The van der Waals surface area contributed by atoms with Crippen molar-refractivity contribution in [2.24, 2.45) is 11.3 Å². The molecule has 1 N–H and O–H groups in total. The Bertz CT molecular complexity index is 180. The predicted octanol–water partition coefficient (Wildman–Crippen LogP) is 3.34. The molecular formula is C13H25N. The first-order valence-corrected chi connectivity index (χ1v) is 6.32. The Morgan fingerprint density at radius 2 is 1.21 bits per heavy atom. The van der Waals surface area contributed by atoms with Crippen LogP contribution in [0, 0.1) is 11.3 Å². The number of nitrogens with one attached hydrogen (secondary N) is 1. The van der Waals surface area contributed by atoms with Crippen LogP contribution in [-0.2, 0) is 0 Å². The third-order valence-corrected chi connectivity index (χ3v) is 4.00. The lowest BCUT2D eigenvalue weighted by atomic mass is 9.71. The number of hydrogen-bond acceptors (Lipinski definition) is 1. The lowest BCUT2D eigenvalue weighted by Crippen LogP contribution is -2.37. The van der Waals surface area contributed by atoms with E-state index in [4.69, 9.17) is 0 Å². The minimum atomic E-state index is 0.532. The SMILES string of the molecule is CC(C)(C)C1CCC(NC2CC2)CC1. The maximum Gasteiger partial charge on any atom is 0.00708 e. The van der Waals surface area contributed by atoms with Gasteiger partial charge in [-0.25, -0.2) is 0 Å². The fourth-order valence-electron chi connectivity index (χ4n) is 2.71. The first-order valence-electron chi connectivity index (χ1n) is 6.32. The van der Waals surface area contributed by atoms with Gasteiger partial charge in [-0.3, -0.25) is 0 Å². The van der Waals surface area contributed by atoms with Gasteiger partial charge in [0.15, 0.2) is 0 Å². The highest BCUT2D eigenvalue weighted by atomic mass is 15.0. The van der Waals surface area contributed by atoms with Crippen LogP contribution in [-0.4, -0.2) is 12.1 Å². The third-order valence-electron chi connectivity index (χ3n) is 4.00. The first kappa shape index (κ1) is 10.5. The molecule has 0 aromatic heterocycles. The average Bonchev–Trinajstić information content (AvgIpc) is 2.88. The van der Waals surface area contributed by atoms with Gasteiger partial charge in [0.25, 0.3) is 0 Å². The lowest BCUT2D eigenvalue weighted by molar-refractivity contribution is 0.160. The molecule has 0 saturated heterocycles. The monoisotopic (exact) mass is 195 g/mol. The van der Waals surface area contributed by atoms with Crippen molar-refractivity contribution in [3.8, 4) is 0 Å². The van der Waals surface area contributed by atoms with Gasteiger partial charge in [0.2, 0.25) is 0 Å². The summed E-state index contributed by atoms with van der Waals surface area (Å²) in [4.78, 5) is 0. The second kappa shape index (κ2) is 3.84. The molecule has 2 saturated carbocycles. The Labute approximate surface area is 88.7 Å². The molecule has 0 bridgehead atoms. The van der Waals surface area contributed by atoms with E-state index in [-0.39, 0.29) is 0 Å². The molecule has 0 atom stereocenters. The fourth-order valence-corrected chi connectivity index (χ4v) is 2.71. The fraction of sp³-hybridized carbons (Fsp3) is 1.00. The summed E-state index contributed by atoms with van der Waals surface area (Å²) in [6, 6.07) is 1.74. The summed E-state index contributed by atoms with van der Waals surface area (Å²) in [5, 5.41) is 3.76. The van der Waals surface area contributed by atoms with Gasteiger partial charge in [-0.2, -0.15) is 0 Å². The third kappa shape index (κ3) is 2.73. The van der Waals surface area contributed by atoms with E-state index in [1.54, 1.807) is 0 Å². The Morgan fingerprint density at radius 3 is 1.57 bits per heavy atom. The van der Waals surface area contributed by atoms with Gasteiger partial charge >= 0.3 is 0 Å². The number of hydrogen-bond donors (Lipinski definition) is 1. The van der Waals surface area contributed by atoms with Crippen molar-refractivity contribution >= 4 is 0 Å². The Hall–Kier alpha value is -0.0400. The molecule has 0 amide bonds. The van der Waals surface area contributed by atoms with Gasteiger partial charge in [-0.1, -0.05) is 20.8 Å². The van der Waals surface area contributed by atoms with Crippen LogP contribution in [0.5, 0.6) is 0 Å². The normalized spacial score (nSPS) is 34.5. The van der Waals surface area contributed by atoms with Crippen LogP contribution in [0.4, 0.5) is 0 Å². The highest BCUT2D eigenvalue weighted by Gasteiger charge is 2.31. The van der Waals surface area contributed by atoms with Crippen molar-refractivity contribution in [1.29, 1.82) is 0 Å². The summed E-state index contributed by atoms with van der Waals surface area (Å²) in [6.07, 6.45) is 8.57. The highest BCUT2D eigenvalue weighted by molar-refractivity contribution is 4.89. The Kier molecular flexibility index (Phi) is 2.88. The van der Waals surface area contributed by atoms with Crippen molar-refractivity contribution in [2.45, 2.75) is 71.4 Å². The van der Waals surface area contributed by atoms with Crippen LogP contribution in [0.15, 0.2) is 0 Å². The van der Waals surface area contributed by atoms with Crippen LogP contribution >= 0.6 is 0 Å². The topological polar surface area (TPSA) is 12.0 Å². The zero-order valence-corrected chi connectivity index (χ0v) is 9.97. The summed E-state index contributed by atoms with van der Waals surface area (Å²) in [7, 11) is 0. The van der Waals surface area contributed by atoms with E-state index in [9.17, 15) is 0 Å². The van der Waals surface area contributed by atoms with Crippen molar-refractivity contribution in [1.82, 2.24) is 5.32 Å². The van der Waals surface area contributed by atoms with Gasteiger partial charge in [0.05, 0.1) is 0 Å². The smallest absolute Gasteiger partial charge is 0.00708 e. The molecule has 2 fully saturated rings. The minimum absolute atomic E-state index is 0.532. The van der Waals surface area contributed by atoms with Gasteiger partial charge in [-0.05, 0) is 49.9 Å². The van der Waals surface area contributed by atoms with Crippen LogP contribution < -0.4 is 5.32 Å². The molecule has 2 aliphatic carbocycles. The van der Waals surface area contributed by atoms with Crippen LogP contribution in [0.2, 0.25) is 0 Å². The molecule has 1 heteroatoms. The molecule has 0 heterocycles. The van der Waals surface area contributed by atoms with E-state index in [0.717, 1.165) is 18.0 Å². The Balaban J connectivity index is 1.74. The van der Waals surface area contributed by atoms with Gasteiger partial charge in [0.1, 0.15) is 0 Å². The lowest BCUT2D eigenvalue weighted by Gasteiger charge is -2.37. The summed E-state index contributed by atoms with van der Waals surface area (Å²) < 4.78 is 0. The summed E-state index contributed by atoms with van der Waals surface area (Å²) in [5.74, 6) is 0.958. The van der Waals surface area contributed by atoms with Crippen LogP contribution in [0.1, 0.15) is 59.3 Å². The molecule has 2 aliphatic rings. The molecule has 0 radical (unpaired) electrons. The second-order valence-corrected chi connectivity index (χ2v) is 6.36. The maximum atomic E-state index is 3.76. The molecular weight excluding hydrogens is 170 g/mol. The predicted molar refractivity (Wildman–Crippen MR) is 61.4 cm³/mol. The van der Waals surface area contributed by atoms with Crippen molar-refractivity contribution in [2.75, 3.05) is 0 Å². The molecule has 0 unspecified atom stereocenters. The maximum absolute atomic E-state index is 3.76. The number of rotatable bonds is 2. The first-order chi connectivity index (χ1) is 6.55. The van der Waals surface area contributed by atoms with E-state index in [2.05, 4.69) is 26.1 Å². The van der Waals surface area contributed by atoms with E-state index >= 15 is 0 Å². The van der Waals surface area contributed by atoms with Crippen molar-refractivity contribution in [3.05, 3.63) is 0 Å². The zero-order chi connectivity index (χ0) is 10.2. The molecule has 0 aromatic rings. The quantitative estimate of drug-likeness (QED) is 0.712. The summed E-state index contributed by atoms with van der Waals surface area (Å²) in [5.41, 5.74) is 0.532. The van der Waals surface area contributed by atoms with Gasteiger partial charge in [0, 0.05) is 12.1 Å². The van der Waals surface area contributed by atoms with Gasteiger partial charge < -0.3 is 5.32 Å². The zero-order valence-electron chi connectivity index (χ0n) is 9.97. The molecule has 0 aliphatic heterocycles. The van der Waals surface area contributed by atoms with Crippen LogP contribution in [0.3, 0.4) is 0 Å². The molecule has 2 rings (SSSR count). The van der Waals surface area contributed by atoms with E-state index in [0.29, 0.717) is 5.41 Å².